The summed E-state index contributed by atoms with van der Waals surface area (Å²) >= 11 is 6.21. The van der Waals surface area contributed by atoms with Crippen molar-refractivity contribution in [1.29, 1.82) is 0 Å². The van der Waals surface area contributed by atoms with E-state index in [-0.39, 0.29) is 16.3 Å². The lowest BCUT2D eigenvalue weighted by Crippen LogP contribution is -2.41. The SMILES string of the molecule is CCCOc1c(Cl)cc(C(=O)NNC(=O)c2ccco2)cc1OCC. The van der Waals surface area contributed by atoms with Gasteiger partial charge in [-0.3, -0.25) is 20.4 Å². The van der Waals surface area contributed by atoms with Gasteiger partial charge >= 0.3 is 5.91 Å². The van der Waals surface area contributed by atoms with E-state index in [1.165, 1.54) is 24.5 Å². The highest BCUT2D eigenvalue weighted by Gasteiger charge is 2.17. The fourth-order valence-corrected chi connectivity index (χ4v) is 2.23. The number of nitrogens with one attached hydrogen (secondary N) is 2. The van der Waals surface area contributed by atoms with Crippen molar-refractivity contribution >= 4 is 23.4 Å². The van der Waals surface area contributed by atoms with Crippen LogP contribution in [0.15, 0.2) is 34.9 Å². The number of benzene rings is 1. The van der Waals surface area contributed by atoms with E-state index in [4.69, 9.17) is 25.5 Å². The molecule has 0 unspecified atom stereocenters. The molecular weight excluding hydrogens is 348 g/mol. The second kappa shape index (κ2) is 8.98. The molecule has 0 saturated carbocycles. The Bertz CT molecular complexity index is 731. The largest absolute Gasteiger partial charge is 0.490 e. The summed E-state index contributed by atoms with van der Waals surface area (Å²) in [5, 5.41) is 0.252. The summed E-state index contributed by atoms with van der Waals surface area (Å²) in [5.41, 5.74) is 4.77. The normalized spacial score (nSPS) is 10.2. The van der Waals surface area contributed by atoms with Gasteiger partial charge in [0.15, 0.2) is 17.3 Å². The fraction of sp³-hybridized carbons (Fsp3) is 0.294. The molecule has 0 atom stereocenters. The zero-order valence-electron chi connectivity index (χ0n) is 13.9. The van der Waals surface area contributed by atoms with Crippen molar-refractivity contribution in [2.24, 2.45) is 0 Å². The molecule has 2 aromatic rings. The van der Waals surface area contributed by atoms with Crippen LogP contribution >= 0.6 is 11.6 Å². The molecule has 2 N–H and O–H groups in total. The molecular formula is C17H19ClN2O5. The second-order valence-corrected chi connectivity index (χ2v) is 5.36. The molecule has 0 aliphatic rings. The number of carbonyl (C=O) groups excluding carboxylic acids is 2. The second-order valence-electron chi connectivity index (χ2n) is 4.95. The van der Waals surface area contributed by atoms with Crippen molar-refractivity contribution in [1.82, 2.24) is 10.9 Å². The third kappa shape index (κ3) is 4.90. The topological polar surface area (TPSA) is 89.8 Å². The van der Waals surface area contributed by atoms with Crippen molar-refractivity contribution in [3.05, 3.63) is 46.9 Å². The zero-order valence-corrected chi connectivity index (χ0v) is 14.7. The molecule has 7 nitrogen and oxygen atoms in total. The van der Waals surface area contributed by atoms with E-state index in [9.17, 15) is 9.59 Å². The summed E-state index contributed by atoms with van der Waals surface area (Å²) in [4.78, 5) is 24.0. The Morgan fingerprint density at radius 2 is 1.92 bits per heavy atom. The van der Waals surface area contributed by atoms with E-state index in [1.54, 1.807) is 6.07 Å². The number of halogens is 1. The lowest BCUT2D eigenvalue weighted by atomic mass is 10.2. The highest BCUT2D eigenvalue weighted by molar-refractivity contribution is 6.32. The van der Waals surface area contributed by atoms with Gasteiger partial charge in [-0.2, -0.15) is 0 Å². The standard InChI is InChI=1S/C17H19ClN2O5/c1-3-7-25-15-12(18)9-11(10-14(15)23-4-2)16(21)19-20-17(22)13-6-5-8-24-13/h5-6,8-10H,3-4,7H2,1-2H3,(H,19,21)(H,20,22). The summed E-state index contributed by atoms with van der Waals surface area (Å²) in [6.07, 6.45) is 2.17. The highest BCUT2D eigenvalue weighted by atomic mass is 35.5. The van der Waals surface area contributed by atoms with Crippen molar-refractivity contribution in [2.75, 3.05) is 13.2 Å². The van der Waals surface area contributed by atoms with Gasteiger partial charge in [-0.15, -0.1) is 0 Å². The van der Waals surface area contributed by atoms with Crippen LogP contribution in [-0.2, 0) is 0 Å². The van der Waals surface area contributed by atoms with Gasteiger partial charge in [-0.25, -0.2) is 0 Å². The summed E-state index contributed by atoms with van der Waals surface area (Å²) < 4.78 is 16.0. The first-order valence-electron chi connectivity index (χ1n) is 7.80. The molecule has 8 heteroatoms. The first kappa shape index (κ1) is 18.7. The number of hydrogen-bond donors (Lipinski definition) is 2. The van der Waals surface area contributed by atoms with Crippen molar-refractivity contribution in [2.45, 2.75) is 20.3 Å². The molecule has 0 aliphatic carbocycles. The smallest absolute Gasteiger partial charge is 0.305 e. The van der Waals surface area contributed by atoms with E-state index >= 15 is 0 Å². The maximum absolute atomic E-state index is 12.2. The van der Waals surface area contributed by atoms with Crippen LogP contribution in [0.1, 0.15) is 41.2 Å². The molecule has 0 bridgehead atoms. The van der Waals surface area contributed by atoms with Crippen molar-refractivity contribution in [3.8, 4) is 11.5 Å². The summed E-state index contributed by atoms with van der Waals surface area (Å²) in [6.45, 7) is 4.65. The van der Waals surface area contributed by atoms with Gasteiger partial charge in [0.25, 0.3) is 5.91 Å². The monoisotopic (exact) mass is 366 g/mol. The minimum atomic E-state index is -0.572. The zero-order chi connectivity index (χ0) is 18.2. The van der Waals surface area contributed by atoms with Crippen LogP contribution in [0.5, 0.6) is 11.5 Å². The van der Waals surface area contributed by atoms with Crippen molar-refractivity contribution in [3.63, 3.8) is 0 Å². The lowest BCUT2D eigenvalue weighted by molar-refractivity contribution is 0.0830. The molecule has 2 amide bonds. The van der Waals surface area contributed by atoms with Crippen LogP contribution in [0, 0.1) is 0 Å². The molecule has 1 heterocycles. The quantitative estimate of drug-likeness (QED) is 0.734. The Morgan fingerprint density at radius 3 is 2.56 bits per heavy atom. The van der Waals surface area contributed by atoms with Gasteiger partial charge in [0.2, 0.25) is 0 Å². The summed E-state index contributed by atoms with van der Waals surface area (Å²) in [5.74, 6) is -0.286. The minimum absolute atomic E-state index is 0.0802. The van der Waals surface area contributed by atoms with Crippen LogP contribution in [0.4, 0.5) is 0 Å². The van der Waals surface area contributed by atoms with Gasteiger partial charge in [0.05, 0.1) is 24.5 Å². The summed E-state index contributed by atoms with van der Waals surface area (Å²) in [6, 6.07) is 6.00. The van der Waals surface area contributed by atoms with E-state index in [0.29, 0.717) is 24.7 Å². The van der Waals surface area contributed by atoms with E-state index in [0.717, 1.165) is 6.42 Å². The van der Waals surface area contributed by atoms with Gasteiger partial charge < -0.3 is 13.9 Å². The Kier molecular flexibility index (Phi) is 6.71. The third-order valence-electron chi connectivity index (χ3n) is 3.06. The molecule has 2 rings (SSSR count). The van der Waals surface area contributed by atoms with E-state index < -0.39 is 11.8 Å². The van der Waals surface area contributed by atoms with Crippen molar-refractivity contribution < 1.29 is 23.5 Å². The number of rotatable bonds is 7. The number of hydrogen-bond acceptors (Lipinski definition) is 5. The Labute approximate surface area is 150 Å². The lowest BCUT2D eigenvalue weighted by Gasteiger charge is -2.15. The first-order chi connectivity index (χ1) is 12.1. The molecule has 0 aliphatic heterocycles. The number of furan rings is 1. The number of carbonyl (C=O) groups is 2. The minimum Gasteiger partial charge on any atom is -0.490 e. The molecule has 1 aromatic heterocycles. The molecule has 0 saturated heterocycles. The number of hydrazine groups is 1. The van der Waals surface area contributed by atoms with E-state index in [1.807, 2.05) is 13.8 Å². The van der Waals surface area contributed by atoms with Crippen LogP contribution in [-0.4, -0.2) is 25.0 Å². The fourth-order valence-electron chi connectivity index (χ4n) is 1.96. The number of ether oxygens (including phenoxy) is 2. The Morgan fingerprint density at radius 1 is 1.16 bits per heavy atom. The van der Waals surface area contributed by atoms with Crippen LogP contribution in [0.25, 0.3) is 0 Å². The average molecular weight is 367 g/mol. The Hall–Kier alpha value is -2.67. The average Bonchev–Trinajstić information content (AvgIpc) is 3.13. The molecule has 1 aromatic carbocycles. The maximum atomic E-state index is 12.2. The van der Waals surface area contributed by atoms with Gasteiger partial charge in [0.1, 0.15) is 0 Å². The molecule has 0 spiro atoms. The summed E-state index contributed by atoms with van der Waals surface area (Å²) in [7, 11) is 0. The maximum Gasteiger partial charge on any atom is 0.305 e. The van der Waals surface area contributed by atoms with Crippen LogP contribution in [0.2, 0.25) is 5.02 Å². The number of amides is 2. The molecule has 0 radical (unpaired) electrons. The molecule has 25 heavy (non-hydrogen) atoms. The van der Waals surface area contributed by atoms with Crippen LogP contribution < -0.4 is 20.3 Å². The predicted octanol–water partition coefficient (Wildman–Crippen LogP) is 3.20. The first-order valence-corrected chi connectivity index (χ1v) is 8.17. The van der Waals surface area contributed by atoms with E-state index in [2.05, 4.69) is 10.9 Å². The van der Waals surface area contributed by atoms with Gasteiger partial charge in [-0.1, -0.05) is 18.5 Å². The van der Waals surface area contributed by atoms with Crippen LogP contribution in [0.3, 0.4) is 0 Å². The Balaban J connectivity index is 2.11. The third-order valence-corrected chi connectivity index (χ3v) is 3.34. The predicted molar refractivity (Wildman–Crippen MR) is 92.0 cm³/mol. The highest BCUT2D eigenvalue weighted by Crippen LogP contribution is 2.36. The van der Waals surface area contributed by atoms with Gasteiger partial charge in [-0.05, 0) is 37.6 Å². The molecule has 0 fully saturated rings. The molecule has 134 valence electrons. The van der Waals surface area contributed by atoms with Gasteiger partial charge in [0, 0.05) is 5.56 Å².